The fourth-order valence-corrected chi connectivity index (χ4v) is 2.99. The average molecular weight is 286 g/mol. The number of H-pyrrole nitrogens is 1. The molecule has 2 aromatic rings. The average Bonchev–Trinajstić information content (AvgIpc) is 3.12. The van der Waals surface area contributed by atoms with Gasteiger partial charge in [-0.3, -0.25) is 14.5 Å². The van der Waals surface area contributed by atoms with Crippen molar-refractivity contribution in [1.82, 2.24) is 9.88 Å². The zero-order chi connectivity index (χ0) is 14.8. The summed E-state index contributed by atoms with van der Waals surface area (Å²) in [6.07, 6.45) is 3.42. The van der Waals surface area contributed by atoms with Crippen LogP contribution in [0.4, 0.5) is 0 Å². The molecule has 110 valence electrons. The second kappa shape index (κ2) is 5.69. The van der Waals surface area contributed by atoms with Crippen molar-refractivity contribution >= 4 is 22.7 Å². The van der Waals surface area contributed by atoms with Crippen LogP contribution < -0.4 is 0 Å². The molecule has 1 aliphatic heterocycles. The predicted molar refractivity (Wildman–Crippen MR) is 79.2 cm³/mol. The van der Waals surface area contributed by atoms with Crippen molar-refractivity contribution in [3.63, 3.8) is 0 Å². The van der Waals surface area contributed by atoms with E-state index in [2.05, 4.69) is 4.98 Å². The summed E-state index contributed by atoms with van der Waals surface area (Å²) < 4.78 is 4.81. The summed E-state index contributed by atoms with van der Waals surface area (Å²) >= 11 is 0. The minimum absolute atomic E-state index is 0.0308. The minimum atomic E-state index is -0.288. The predicted octanol–water partition coefficient (Wildman–Crippen LogP) is 1.99. The van der Waals surface area contributed by atoms with E-state index in [0.29, 0.717) is 5.56 Å². The Hall–Kier alpha value is -2.14. The highest BCUT2D eigenvalue weighted by Gasteiger charge is 2.33. The number of rotatable bonds is 4. The molecule has 0 saturated carbocycles. The van der Waals surface area contributed by atoms with Crippen LogP contribution in [0.3, 0.4) is 0 Å². The number of Topliss-reactive ketones (excluding diaryl/α,β-unsaturated/α-hetero) is 1. The van der Waals surface area contributed by atoms with E-state index < -0.39 is 0 Å². The van der Waals surface area contributed by atoms with Crippen LogP contribution in [0.1, 0.15) is 23.2 Å². The molecule has 0 bridgehead atoms. The number of hydrogen-bond donors (Lipinski definition) is 1. The summed E-state index contributed by atoms with van der Waals surface area (Å²) in [6, 6.07) is 7.44. The number of methoxy groups -OCH3 is 1. The molecule has 5 nitrogen and oxygen atoms in total. The third-order valence-electron chi connectivity index (χ3n) is 4.07. The zero-order valence-corrected chi connectivity index (χ0v) is 12.0. The van der Waals surface area contributed by atoms with E-state index in [1.54, 1.807) is 6.20 Å². The van der Waals surface area contributed by atoms with E-state index in [4.69, 9.17) is 4.74 Å². The number of fused-ring (bicyclic) bond motifs is 1. The van der Waals surface area contributed by atoms with Gasteiger partial charge in [0.2, 0.25) is 0 Å². The van der Waals surface area contributed by atoms with Crippen LogP contribution in [0, 0.1) is 0 Å². The van der Waals surface area contributed by atoms with Gasteiger partial charge in [-0.2, -0.15) is 0 Å². The van der Waals surface area contributed by atoms with Crippen molar-refractivity contribution in [3.8, 4) is 0 Å². The normalized spacial score (nSPS) is 19.0. The van der Waals surface area contributed by atoms with Gasteiger partial charge in [-0.25, -0.2) is 0 Å². The lowest BCUT2D eigenvalue weighted by molar-refractivity contribution is -0.145. The third kappa shape index (κ3) is 2.56. The fourth-order valence-electron chi connectivity index (χ4n) is 2.99. The van der Waals surface area contributed by atoms with Crippen molar-refractivity contribution in [1.29, 1.82) is 0 Å². The van der Waals surface area contributed by atoms with Crippen LogP contribution in [0.15, 0.2) is 30.5 Å². The minimum Gasteiger partial charge on any atom is -0.468 e. The van der Waals surface area contributed by atoms with Crippen molar-refractivity contribution in [3.05, 3.63) is 36.0 Å². The van der Waals surface area contributed by atoms with Crippen LogP contribution in [-0.4, -0.2) is 47.9 Å². The Kier molecular flexibility index (Phi) is 3.75. The first-order chi connectivity index (χ1) is 10.2. The van der Waals surface area contributed by atoms with E-state index in [-0.39, 0.29) is 24.3 Å². The van der Waals surface area contributed by atoms with Crippen molar-refractivity contribution in [2.45, 2.75) is 18.9 Å². The molecule has 21 heavy (non-hydrogen) atoms. The summed E-state index contributed by atoms with van der Waals surface area (Å²) in [7, 11) is 1.39. The SMILES string of the molecule is COC(=O)C1CCCN1CC(=O)c1c[nH]c2ccccc12. The van der Waals surface area contributed by atoms with Crippen LogP contribution in [0.25, 0.3) is 10.9 Å². The fraction of sp³-hybridized carbons (Fsp3) is 0.375. The Morgan fingerprint density at radius 1 is 1.38 bits per heavy atom. The molecule has 1 atom stereocenters. The lowest BCUT2D eigenvalue weighted by Gasteiger charge is -2.21. The number of esters is 1. The van der Waals surface area contributed by atoms with E-state index in [1.165, 1.54) is 7.11 Å². The molecule has 1 unspecified atom stereocenters. The molecule has 1 aliphatic rings. The molecule has 1 saturated heterocycles. The van der Waals surface area contributed by atoms with Crippen LogP contribution in [-0.2, 0) is 9.53 Å². The van der Waals surface area contributed by atoms with E-state index in [1.807, 2.05) is 29.2 Å². The summed E-state index contributed by atoms with van der Waals surface area (Å²) in [5.41, 5.74) is 1.63. The molecule has 1 N–H and O–H groups in total. The molecule has 1 aromatic heterocycles. The Labute approximate surface area is 122 Å². The van der Waals surface area contributed by atoms with Crippen LogP contribution in [0.2, 0.25) is 0 Å². The lowest BCUT2D eigenvalue weighted by Crippen LogP contribution is -2.39. The van der Waals surface area contributed by atoms with Gasteiger partial charge in [-0.05, 0) is 25.5 Å². The largest absolute Gasteiger partial charge is 0.468 e. The molecule has 1 fully saturated rings. The van der Waals surface area contributed by atoms with E-state index in [0.717, 1.165) is 30.3 Å². The highest BCUT2D eigenvalue weighted by molar-refractivity contribution is 6.08. The molecular weight excluding hydrogens is 268 g/mol. The summed E-state index contributed by atoms with van der Waals surface area (Å²) in [5, 5.41) is 0.927. The number of ether oxygens (including phenoxy) is 1. The van der Waals surface area contributed by atoms with Crippen molar-refractivity contribution in [2.24, 2.45) is 0 Å². The quantitative estimate of drug-likeness (QED) is 0.689. The maximum atomic E-state index is 12.5. The van der Waals surface area contributed by atoms with Gasteiger partial charge >= 0.3 is 5.97 Å². The van der Waals surface area contributed by atoms with E-state index >= 15 is 0 Å². The number of aromatic amines is 1. The molecule has 3 rings (SSSR count). The number of benzene rings is 1. The molecule has 2 heterocycles. The highest BCUT2D eigenvalue weighted by Crippen LogP contribution is 2.22. The molecular formula is C16H18N2O3. The number of hydrogen-bond acceptors (Lipinski definition) is 4. The zero-order valence-electron chi connectivity index (χ0n) is 12.0. The third-order valence-corrected chi connectivity index (χ3v) is 4.07. The summed E-state index contributed by atoms with van der Waals surface area (Å²) in [6.45, 7) is 1.01. The van der Waals surface area contributed by atoms with Crippen LogP contribution in [0.5, 0.6) is 0 Å². The van der Waals surface area contributed by atoms with Gasteiger partial charge < -0.3 is 9.72 Å². The number of likely N-dealkylation sites (tertiary alicyclic amines) is 1. The lowest BCUT2D eigenvalue weighted by atomic mass is 10.1. The number of carbonyl (C=O) groups excluding carboxylic acids is 2. The van der Waals surface area contributed by atoms with Crippen molar-refractivity contribution in [2.75, 3.05) is 20.2 Å². The summed E-state index contributed by atoms with van der Waals surface area (Å²) in [5.74, 6) is -0.220. The Morgan fingerprint density at radius 3 is 3.00 bits per heavy atom. The van der Waals surface area contributed by atoms with Gasteiger partial charge in [0.25, 0.3) is 0 Å². The van der Waals surface area contributed by atoms with Crippen molar-refractivity contribution < 1.29 is 14.3 Å². The first kappa shape index (κ1) is 13.8. The molecule has 0 radical (unpaired) electrons. The smallest absolute Gasteiger partial charge is 0.323 e. The van der Waals surface area contributed by atoms with Gasteiger partial charge in [-0.15, -0.1) is 0 Å². The number of ketones is 1. The number of carbonyl (C=O) groups is 2. The highest BCUT2D eigenvalue weighted by atomic mass is 16.5. The molecule has 0 spiro atoms. The molecule has 0 aliphatic carbocycles. The topological polar surface area (TPSA) is 62.4 Å². The van der Waals surface area contributed by atoms with Gasteiger partial charge in [-0.1, -0.05) is 18.2 Å². The molecule has 0 amide bonds. The summed E-state index contributed by atoms with van der Waals surface area (Å²) in [4.78, 5) is 29.3. The first-order valence-corrected chi connectivity index (χ1v) is 7.12. The van der Waals surface area contributed by atoms with Gasteiger partial charge in [0.1, 0.15) is 6.04 Å². The van der Waals surface area contributed by atoms with Gasteiger partial charge in [0, 0.05) is 22.7 Å². The van der Waals surface area contributed by atoms with Gasteiger partial charge in [0.05, 0.1) is 13.7 Å². The maximum absolute atomic E-state index is 12.5. The van der Waals surface area contributed by atoms with E-state index in [9.17, 15) is 9.59 Å². The molecule has 1 aromatic carbocycles. The number of aromatic nitrogens is 1. The standard InChI is InChI=1S/C16H18N2O3/c1-21-16(20)14-7-4-8-18(14)10-15(19)12-9-17-13-6-3-2-5-11(12)13/h2-3,5-6,9,14,17H,4,7-8,10H2,1H3. The monoisotopic (exact) mass is 286 g/mol. The Morgan fingerprint density at radius 2 is 2.19 bits per heavy atom. The maximum Gasteiger partial charge on any atom is 0.323 e. The Bertz CT molecular complexity index is 677. The number of nitrogens with one attached hydrogen (secondary N) is 1. The van der Waals surface area contributed by atoms with Gasteiger partial charge in [0.15, 0.2) is 5.78 Å². The van der Waals surface area contributed by atoms with Crippen LogP contribution >= 0.6 is 0 Å². The number of nitrogens with zero attached hydrogens (tertiary/aromatic N) is 1. The second-order valence-corrected chi connectivity index (χ2v) is 5.32. The number of para-hydroxylation sites is 1. The first-order valence-electron chi connectivity index (χ1n) is 7.12. The second-order valence-electron chi connectivity index (χ2n) is 5.32. The Balaban J connectivity index is 1.78. The molecule has 5 heteroatoms.